The van der Waals surface area contributed by atoms with Crippen molar-refractivity contribution in [1.82, 2.24) is 15.0 Å². The molecule has 0 aliphatic heterocycles. The fourth-order valence-electron chi connectivity index (χ4n) is 1.34. The van der Waals surface area contributed by atoms with Crippen LogP contribution in [0.4, 0.5) is 0 Å². The molecule has 0 saturated carbocycles. The van der Waals surface area contributed by atoms with Crippen LogP contribution in [0.25, 0.3) is 0 Å². The molecule has 1 amide bonds. The molecule has 0 aromatic carbocycles. The second kappa shape index (κ2) is 4.88. The standard InChI is InChI=1S/C9H17N5O/c1-3-6(10)7-5-14(13-12-7)8(4-2)9(11)15/h5-6,8H,3-4,10H2,1-2H3,(H2,11,15). The van der Waals surface area contributed by atoms with E-state index >= 15 is 0 Å². The maximum atomic E-state index is 11.1. The molecular weight excluding hydrogens is 194 g/mol. The molecule has 6 heteroatoms. The van der Waals surface area contributed by atoms with Crippen LogP contribution >= 0.6 is 0 Å². The molecule has 84 valence electrons. The first-order chi connectivity index (χ1) is 7.10. The number of nitrogens with two attached hydrogens (primary N) is 2. The van der Waals surface area contributed by atoms with Gasteiger partial charge in [0.15, 0.2) is 0 Å². The zero-order chi connectivity index (χ0) is 11.4. The normalized spacial score (nSPS) is 14.9. The van der Waals surface area contributed by atoms with Crippen LogP contribution in [0.3, 0.4) is 0 Å². The van der Waals surface area contributed by atoms with Crippen LogP contribution in [-0.2, 0) is 4.79 Å². The number of carbonyl (C=O) groups is 1. The lowest BCUT2D eigenvalue weighted by Gasteiger charge is -2.09. The number of hydrogen-bond acceptors (Lipinski definition) is 4. The van der Waals surface area contributed by atoms with E-state index in [1.54, 1.807) is 6.20 Å². The topological polar surface area (TPSA) is 99.8 Å². The van der Waals surface area contributed by atoms with Crippen molar-refractivity contribution in [2.24, 2.45) is 11.5 Å². The maximum Gasteiger partial charge on any atom is 0.242 e. The fraction of sp³-hybridized carbons (Fsp3) is 0.667. The zero-order valence-electron chi connectivity index (χ0n) is 9.05. The number of aromatic nitrogens is 3. The smallest absolute Gasteiger partial charge is 0.242 e. The number of primary amides is 1. The van der Waals surface area contributed by atoms with Gasteiger partial charge in [-0.15, -0.1) is 5.10 Å². The van der Waals surface area contributed by atoms with Gasteiger partial charge in [0.25, 0.3) is 0 Å². The highest BCUT2D eigenvalue weighted by Gasteiger charge is 2.18. The van der Waals surface area contributed by atoms with E-state index < -0.39 is 11.9 Å². The molecule has 0 radical (unpaired) electrons. The predicted octanol–water partition coefficient (Wildman–Crippen LogP) is 0.124. The van der Waals surface area contributed by atoms with Gasteiger partial charge in [0.05, 0.1) is 17.9 Å². The third-order valence-electron chi connectivity index (χ3n) is 2.38. The second-order valence-corrected chi connectivity index (χ2v) is 3.46. The molecular formula is C9H17N5O. The summed E-state index contributed by atoms with van der Waals surface area (Å²) in [5.74, 6) is -0.404. The Morgan fingerprint density at radius 2 is 2.20 bits per heavy atom. The number of amides is 1. The number of nitrogens with zero attached hydrogens (tertiary/aromatic N) is 3. The summed E-state index contributed by atoms with van der Waals surface area (Å²) < 4.78 is 1.48. The summed E-state index contributed by atoms with van der Waals surface area (Å²) >= 11 is 0. The molecule has 1 rings (SSSR count). The maximum absolute atomic E-state index is 11.1. The van der Waals surface area contributed by atoms with Crippen molar-refractivity contribution in [2.45, 2.75) is 38.8 Å². The van der Waals surface area contributed by atoms with Gasteiger partial charge in [-0.25, -0.2) is 4.68 Å². The van der Waals surface area contributed by atoms with E-state index in [9.17, 15) is 4.79 Å². The average Bonchev–Trinajstić information content (AvgIpc) is 2.66. The molecule has 1 heterocycles. The highest BCUT2D eigenvalue weighted by molar-refractivity contribution is 5.78. The Labute approximate surface area is 88.6 Å². The van der Waals surface area contributed by atoms with E-state index in [-0.39, 0.29) is 6.04 Å². The Morgan fingerprint density at radius 3 is 2.67 bits per heavy atom. The van der Waals surface area contributed by atoms with E-state index in [1.165, 1.54) is 4.68 Å². The molecule has 4 N–H and O–H groups in total. The van der Waals surface area contributed by atoms with Gasteiger partial charge < -0.3 is 11.5 Å². The van der Waals surface area contributed by atoms with Crippen molar-refractivity contribution in [3.05, 3.63) is 11.9 Å². The molecule has 0 saturated heterocycles. The van der Waals surface area contributed by atoms with Crippen LogP contribution in [0, 0.1) is 0 Å². The van der Waals surface area contributed by atoms with Crippen molar-refractivity contribution in [3.63, 3.8) is 0 Å². The molecule has 0 fully saturated rings. The van der Waals surface area contributed by atoms with E-state index in [0.717, 1.165) is 6.42 Å². The van der Waals surface area contributed by atoms with E-state index in [2.05, 4.69) is 10.3 Å². The quantitative estimate of drug-likeness (QED) is 0.722. The molecule has 6 nitrogen and oxygen atoms in total. The molecule has 0 aliphatic carbocycles. The van der Waals surface area contributed by atoms with Gasteiger partial charge in [0.1, 0.15) is 6.04 Å². The summed E-state index contributed by atoms with van der Waals surface area (Å²) in [4.78, 5) is 11.1. The molecule has 0 bridgehead atoms. The van der Waals surface area contributed by atoms with Crippen molar-refractivity contribution >= 4 is 5.91 Å². The first kappa shape index (κ1) is 11.6. The predicted molar refractivity (Wildman–Crippen MR) is 55.8 cm³/mol. The van der Waals surface area contributed by atoms with Gasteiger partial charge in [-0.05, 0) is 12.8 Å². The summed E-state index contributed by atoms with van der Waals surface area (Å²) in [6.07, 6.45) is 3.07. The largest absolute Gasteiger partial charge is 0.368 e. The SMILES string of the molecule is CCC(N)c1cn(C(CC)C(N)=O)nn1. The van der Waals surface area contributed by atoms with Gasteiger partial charge in [-0.1, -0.05) is 19.1 Å². The lowest BCUT2D eigenvalue weighted by Crippen LogP contribution is -2.26. The summed E-state index contributed by atoms with van der Waals surface area (Å²) in [5.41, 5.74) is 11.7. The monoisotopic (exact) mass is 211 g/mol. The third kappa shape index (κ3) is 2.53. The number of rotatable bonds is 5. The van der Waals surface area contributed by atoms with E-state index in [4.69, 9.17) is 11.5 Å². The van der Waals surface area contributed by atoms with Gasteiger partial charge in [0, 0.05) is 0 Å². The molecule has 15 heavy (non-hydrogen) atoms. The van der Waals surface area contributed by atoms with Crippen LogP contribution in [-0.4, -0.2) is 20.9 Å². The Balaban J connectivity index is 2.87. The van der Waals surface area contributed by atoms with E-state index in [1.807, 2.05) is 13.8 Å². The molecule has 2 unspecified atom stereocenters. The van der Waals surface area contributed by atoms with Crippen molar-refractivity contribution < 1.29 is 4.79 Å². The van der Waals surface area contributed by atoms with Crippen LogP contribution < -0.4 is 11.5 Å². The molecule has 2 atom stereocenters. The molecule has 0 aliphatic rings. The van der Waals surface area contributed by atoms with Crippen LogP contribution in [0.5, 0.6) is 0 Å². The first-order valence-electron chi connectivity index (χ1n) is 5.06. The highest BCUT2D eigenvalue weighted by Crippen LogP contribution is 2.13. The summed E-state index contributed by atoms with van der Waals surface area (Å²) in [7, 11) is 0. The van der Waals surface area contributed by atoms with E-state index in [0.29, 0.717) is 12.1 Å². The lowest BCUT2D eigenvalue weighted by molar-refractivity contribution is -0.121. The summed E-state index contributed by atoms with van der Waals surface area (Å²) in [6, 6.07) is -0.570. The van der Waals surface area contributed by atoms with Crippen LogP contribution in [0.2, 0.25) is 0 Å². The molecule has 0 spiro atoms. The minimum absolute atomic E-state index is 0.135. The van der Waals surface area contributed by atoms with Crippen LogP contribution in [0.15, 0.2) is 6.20 Å². The van der Waals surface area contributed by atoms with Crippen molar-refractivity contribution in [1.29, 1.82) is 0 Å². The van der Waals surface area contributed by atoms with Gasteiger partial charge in [-0.2, -0.15) is 0 Å². The summed E-state index contributed by atoms with van der Waals surface area (Å²) in [6.45, 7) is 3.84. The Kier molecular flexibility index (Phi) is 3.79. The number of hydrogen-bond donors (Lipinski definition) is 2. The Bertz CT molecular complexity index is 335. The van der Waals surface area contributed by atoms with Crippen molar-refractivity contribution in [2.75, 3.05) is 0 Å². The van der Waals surface area contributed by atoms with Gasteiger partial charge in [-0.3, -0.25) is 4.79 Å². The van der Waals surface area contributed by atoms with Gasteiger partial charge >= 0.3 is 0 Å². The lowest BCUT2D eigenvalue weighted by atomic mass is 10.2. The highest BCUT2D eigenvalue weighted by atomic mass is 16.1. The minimum Gasteiger partial charge on any atom is -0.368 e. The second-order valence-electron chi connectivity index (χ2n) is 3.46. The number of carbonyl (C=O) groups excluding carboxylic acids is 1. The first-order valence-corrected chi connectivity index (χ1v) is 5.06. The van der Waals surface area contributed by atoms with Gasteiger partial charge in [0.2, 0.25) is 5.91 Å². The summed E-state index contributed by atoms with van der Waals surface area (Å²) in [5, 5.41) is 7.78. The minimum atomic E-state index is -0.435. The zero-order valence-corrected chi connectivity index (χ0v) is 9.05. The molecule has 1 aromatic rings. The molecule has 1 aromatic heterocycles. The average molecular weight is 211 g/mol. The third-order valence-corrected chi connectivity index (χ3v) is 2.38. The van der Waals surface area contributed by atoms with Crippen molar-refractivity contribution in [3.8, 4) is 0 Å². The Morgan fingerprint density at radius 1 is 1.53 bits per heavy atom. The fourth-order valence-corrected chi connectivity index (χ4v) is 1.34. The Hall–Kier alpha value is -1.43. The van der Waals surface area contributed by atoms with Crippen LogP contribution in [0.1, 0.15) is 44.5 Å².